The van der Waals surface area contributed by atoms with Gasteiger partial charge < -0.3 is 0 Å². The Kier molecular flexibility index (Phi) is 3.56. The molecule has 0 aliphatic rings. The van der Waals surface area contributed by atoms with Gasteiger partial charge in [-0.25, -0.2) is 0 Å². The zero-order valence-corrected chi connectivity index (χ0v) is 9.15. The molecule has 0 saturated carbocycles. The van der Waals surface area contributed by atoms with Crippen LogP contribution in [0.3, 0.4) is 0 Å². The molecule has 0 fully saturated rings. The van der Waals surface area contributed by atoms with Crippen LogP contribution in [-0.2, 0) is 0 Å². The Bertz CT molecular complexity index is 304. The Labute approximate surface area is 85.2 Å². The van der Waals surface area contributed by atoms with E-state index in [1.165, 1.54) is 22.3 Å². The van der Waals surface area contributed by atoms with E-state index in [-0.39, 0.29) is 0 Å². The first kappa shape index (κ1) is 10.3. The van der Waals surface area contributed by atoms with E-state index < -0.39 is 0 Å². The number of allylic oxidation sites excluding steroid dienone is 1. The highest BCUT2D eigenvalue weighted by molar-refractivity contribution is 6.19. The van der Waals surface area contributed by atoms with E-state index in [9.17, 15) is 0 Å². The minimum atomic E-state index is 0.604. The molecule has 1 aromatic rings. The lowest BCUT2D eigenvalue weighted by Gasteiger charge is -2.01. The molecular weight excluding hydrogens is 180 g/mol. The summed E-state index contributed by atoms with van der Waals surface area (Å²) in [7, 11) is 0. The summed E-state index contributed by atoms with van der Waals surface area (Å²) < 4.78 is 0. The maximum Gasteiger partial charge on any atom is 0.0434 e. The van der Waals surface area contributed by atoms with E-state index in [1.807, 2.05) is 6.92 Å². The summed E-state index contributed by atoms with van der Waals surface area (Å²) in [5, 5.41) is 0. The summed E-state index contributed by atoms with van der Waals surface area (Å²) in [4.78, 5) is 0. The molecule has 1 rings (SSSR count). The highest BCUT2D eigenvalue weighted by Gasteiger charge is 1.93. The van der Waals surface area contributed by atoms with E-state index in [0.717, 1.165) is 0 Å². The first-order valence-corrected chi connectivity index (χ1v) is 4.96. The van der Waals surface area contributed by atoms with Crippen LogP contribution in [0.1, 0.15) is 23.6 Å². The summed E-state index contributed by atoms with van der Waals surface area (Å²) in [6.07, 6.45) is 2.13. The highest BCUT2D eigenvalue weighted by Crippen LogP contribution is 2.12. The summed E-state index contributed by atoms with van der Waals surface area (Å²) in [6, 6.07) is 6.51. The van der Waals surface area contributed by atoms with Gasteiger partial charge >= 0.3 is 0 Å². The first-order valence-electron chi connectivity index (χ1n) is 4.43. The molecule has 70 valence electrons. The normalized spacial score (nSPS) is 11.8. The zero-order valence-electron chi connectivity index (χ0n) is 8.39. The summed E-state index contributed by atoms with van der Waals surface area (Å²) >= 11 is 5.71. The molecule has 0 unspecified atom stereocenters. The third-order valence-corrected chi connectivity index (χ3v) is 2.29. The number of benzene rings is 1. The van der Waals surface area contributed by atoms with Crippen molar-refractivity contribution in [2.75, 3.05) is 5.88 Å². The average Bonchev–Trinajstić information content (AvgIpc) is 2.02. The molecule has 0 nitrogen and oxygen atoms in total. The second kappa shape index (κ2) is 4.48. The van der Waals surface area contributed by atoms with Crippen molar-refractivity contribution in [3.63, 3.8) is 0 Å². The van der Waals surface area contributed by atoms with Crippen LogP contribution in [0.2, 0.25) is 0 Å². The summed E-state index contributed by atoms with van der Waals surface area (Å²) in [5.74, 6) is 0.604. The van der Waals surface area contributed by atoms with Crippen LogP contribution in [0.25, 0.3) is 6.08 Å². The van der Waals surface area contributed by atoms with Gasteiger partial charge in [-0.3, -0.25) is 0 Å². The number of alkyl halides is 1. The molecule has 0 radical (unpaired) electrons. The maximum absolute atomic E-state index is 5.71. The predicted octanol–water partition coefficient (Wildman–Crippen LogP) is 3.95. The minimum absolute atomic E-state index is 0.604. The predicted molar refractivity (Wildman–Crippen MR) is 60.3 cm³/mol. The molecule has 13 heavy (non-hydrogen) atoms. The Balaban J connectivity index is 3.02. The van der Waals surface area contributed by atoms with Gasteiger partial charge in [-0.15, -0.1) is 11.6 Å². The van der Waals surface area contributed by atoms with Crippen molar-refractivity contribution in [3.05, 3.63) is 40.5 Å². The van der Waals surface area contributed by atoms with E-state index in [2.05, 4.69) is 38.1 Å². The number of hydrogen-bond donors (Lipinski definition) is 0. The fraction of sp³-hybridized carbons (Fsp3) is 0.333. The monoisotopic (exact) mass is 194 g/mol. The van der Waals surface area contributed by atoms with Crippen molar-refractivity contribution < 1.29 is 0 Å². The van der Waals surface area contributed by atoms with E-state index in [4.69, 9.17) is 11.6 Å². The number of halogens is 1. The molecular formula is C12H15Cl. The topological polar surface area (TPSA) is 0 Å². The average molecular weight is 195 g/mol. The van der Waals surface area contributed by atoms with Gasteiger partial charge in [-0.2, -0.15) is 0 Å². The molecule has 0 atom stereocenters. The van der Waals surface area contributed by atoms with Crippen LogP contribution in [0.5, 0.6) is 0 Å². The van der Waals surface area contributed by atoms with Crippen LogP contribution in [0, 0.1) is 13.8 Å². The van der Waals surface area contributed by atoms with E-state index in [1.54, 1.807) is 0 Å². The second-order valence-electron chi connectivity index (χ2n) is 3.55. The molecule has 0 spiro atoms. The zero-order chi connectivity index (χ0) is 9.84. The quantitative estimate of drug-likeness (QED) is 0.626. The SMILES string of the molecule is CC(=Cc1cc(C)cc(C)c1)CCl. The largest absolute Gasteiger partial charge is 0.122 e. The maximum atomic E-state index is 5.71. The summed E-state index contributed by atoms with van der Waals surface area (Å²) in [6.45, 7) is 6.27. The van der Waals surface area contributed by atoms with Gasteiger partial charge in [0.05, 0.1) is 0 Å². The molecule has 0 N–H and O–H groups in total. The molecule has 0 aromatic heterocycles. The van der Waals surface area contributed by atoms with Crippen LogP contribution >= 0.6 is 11.6 Å². The third kappa shape index (κ3) is 3.23. The van der Waals surface area contributed by atoms with Crippen molar-refractivity contribution in [2.45, 2.75) is 20.8 Å². The fourth-order valence-corrected chi connectivity index (χ4v) is 1.49. The van der Waals surface area contributed by atoms with Gasteiger partial charge in [0.25, 0.3) is 0 Å². The molecule has 1 aromatic carbocycles. The Hall–Kier alpha value is -0.750. The van der Waals surface area contributed by atoms with Crippen LogP contribution in [-0.4, -0.2) is 5.88 Å². The Morgan fingerprint density at radius 3 is 2.23 bits per heavy atom. The summed E-state index contributed by atoms with van der Waals surface area (Å²) in [5.41, 5.74) is 5.05. The Morgan fingerprint density at radius 2 is 1.77 bits per heavy atom. The third-order valence-electron chi connectivity index (χ3n) is 1.87. The fourth-order valence-electron chi connectivity index (χ4n) is 1.42. The van der Waals surface area contributed by atoms with Gasteiger partial charge in [0.2, 0.25) is 0 Å². The van der Waals surface area contributed by atoms with Gasteiger partial charge in [-0.1, -0.05) is 41.0 Å². The lowest BCUT2D eigenvalue weighted by atomic mass is 10.1. The lowest BCUT2D eigenvalue weighted by Crippen LogP contribution is -1.82. The van der Waals surface area contributed by atoms with E-state index in [0.29, 0.717) is 5.88 Å². The van der Waals surface area contributed by atoms with Crippen LogP contribution < -0.4 is 0 Å². The molecule has 0 amide bonds. The van der Waals surface area contributed by atoms with Gasteiger partial charge in [0.1, 0.15) is 0 Å². The van der Waals surface area contributed by atoms with Gasteiger partial charge in [0, 0.05) is 5.88 Å². The molecule has 1 heteroatoms. The molecule has 0 saturated heterocycles. The van der Waals surface area contributed by atoms with Gasteiger partial charge in [-0.05, 0) is 26.3 Å². The van der Waals surface area contributed by atoms with Crippen LogP contribution in [0.15, 0.2) is 23.8 Å². The van der Waals surface area contributed by atoms with Crippen LogP contribution in [0.4, 0.5) is 0 Å². The molecule has 0 aliphatic carbocycles. The van der Waals surface area contributed by atoms with Crippen molar-refractivity contribution in [1.82, 2.24) is 0 Å². The number of aryl methyl sites for hydroxylation is 2. The smallest absolute Gasteiger partial charge is 0.0434 e. The van der Waals surface area contributed by atoms with Crippen molar-refractivity contribution in [1.29, 1.82) is 0 Å². The van der Waals surface area contributed by atoms with Crippen molar-refractivity contribution in [2.24, 2.45) is 0 Å². The molecule has 0 heterocycles. The lowest BCUT2D eigenvalue weighted by molar-refractivity contribution is 1.36. The number of rotatable bonds is 2. The highest BCUT2D eigenvalue weighted by atomic mass is 35.5. The molecule has 0 bridgehead atoms. The standard InChI is InChI=1S/C12H15Cl/c1-9-4-10(2)6-12(5-9)7-11(3)8-13/h4-7H,8H2,1-3H3. The van der Waals surface area contributed by atoms with Crippen molar-refractivity contribution >= 4 is 17.7 Å². The first-order chi connectivity index (χ1) is 6.11. The number of hydrogen-bond acceptors (Lipinski definition) is 0. The van der Waals surface area contributed by atoms with E-state index >= 15 is 0 Å². The second-order valence-corrected chi connectivity index (χ2v) is 3.81. The van der Waals surface area contributed by atoms with Crippen molar-refractivity contribution in [3.8, 4) is 0 Å². The molecule has 0 aliphatic heterocycles. The Morgan fingerprint density at radius 1 is 1.23 bits per heavy atom. The van der Waals surface area contributed by atoms with Gasteiger partial charge in [0.15, 0.2) is 0 Å². The minimum Gasteiger partial charge on any atom is -0.122 e.